The van der Waals surface area contributed by atoms with Crippen molar-refractivity contribution < 1.29 is 10.0 Å². The molecule has 1 aromatic heterocycles. The Morgan fingerprint density at radius 2 is 1.10 bits per heavy atom. The summed E-state index contributed by atoms with van der Waals surface area (Å²) in [6, 6.07) is 40.8. The number of hydrogen-bond acceptors (Lipinski definition) is 4. The van der Waals surface area contributed by atoms with E-state index in [0.717, 1.165) is 27.8 Å². The molecule has 0 saturated carbocycles. The van der Waals surface area contributed by atoms with Crippen LogP contribution in [0.25, 0.3) is 32.8 Å². The Hall–Kier alpha value is -4.45. The maximum atomic E-state index is 9.08. The third kappa shape index (κ3) is 6.38. The van der Waals surface area contributed by atoms with Crippen LogP contribution in [0.5, 0.6) is 0 Å². The highest BCUT2D eigenvalue weighted by Crippen LogP contribution is 2.35. The molecule has 0 saturated heterocycles. The standard InChI is InChI=1S/C27H28N2.C10H9BO2/c1-18(2)21-13-8-14-22(19(3)4)27(21)29-26-17-9-16-25(28-26)24-15-7-11-20-10-5-6-12-23(20)24;12-11(13)10-7-3-5-8-4-1-2-6-9(8)10/h5-19H,1-4H3,(H,28,29);1-7,12-13H. The number of benzene rings is 5. The van der Waals surface area contributed by atoms with Gasteiger partial charge in [-0.25, -0.2) is 4.98 Å². The number of para-hydroxylation sites is 1. The molecule has 0 bridgehead atoms. The molecule has 0 aliphatic heterocycles. The van der Waals surface area contributed by atoms with Gasteiger partial charge in [-0.2, -0.15) is 0 Å². The van der Waals surface area contributed by atoms with E-state index in [1.807, 2.05) is 36.4 Å². The predicted octanol–water partition coefficient (Wildman–Crippen LogP) is 8.41. The van der Waals surface area contributed by atoms with Gasteiger partial charge in [0.1, 0.15) is 5.82 Å². The molecule has 0 spiro atoms. The van der Waals surface area contributed by atoms with Crippen LogP contribution in [0.2, 0.25) is 0 Å². The van der Waals surface area contributed by atoms with Crippen molar-refractivity contribution in [3.05, 3.63) is 132 Å². The van der Waals surface area contributed by atoms with Gasteiger partial charge in [0.2, 0.25) is 0 Å². The summed E-state index contributed by atoms with van der Waals surface area (Å²) < 4.78 is 0. The molecule has 210 valence electrons. The first-order valence-electron chi connectivity index (χ1n) is 14.5. The lowest BCUT2D eigenvalue weighted by atomic mass is 9.77. The predicted molar refractivity (Wildman–Crippen MR) is 179 cm³/mol. The van der Waals surface area contributed by atoms with E-state index in [1.165, 1.54) is 27.6 Å². The maximum Gasteiger partial charge on any atom is 0.489 e. The molecule has 42 heavy (non-hydrogen) atoms. The molecule has 0 radical (unpaired) electrons. The summed E-state index contributed by atoms with van der Waals surface area (Å²) in [5, 5.41) is 26.2. The fourth-order valence-corrected chi connectivity index (χ4v) is 5.40. The summed E-state index contributed by atoms with van der Waals surface area (Å²) in [4.78, 5) is 4.98. The fourth-order valence-electron chi connectivity index (χ4n) is 5.40. The smallest absolute Gasteiger partial charge is 0.423 e. The molecule has 6 rings (SSSR count). The lowest BCUT2D eigenvalue weighted by molar-refractivity contribution is 0.426. The Morgan fingerprint density at radius 1 is 0.571 bits per heavy atom. The average Bonchev–Trinajstić information content (AvgIpc) is 3.00. The SMILES string of the molecule is CC(C)c1cccc(C(C)C)c1Nc1cccc(-c2cccc3ccccc23)n1.OB(O)c1cccc2ccccc12. The van der Waals surface area contributed by atoms with Gasteiger partial charge in [0.05, 0.1) is 5.69 Å². The van der Waals surface area contributed by atoms with Crippen molar-refractivity contribution in [3.8, 4) is 11.3 Å². The van der Waals surface area contributed by atoms with E-state index < -0.39 is 7.12 Å². The lowest BCUT2D eigenvalue weighted by Crippen LogP contribution is -2.30. The van der Waals surface area contributed by atoms with Crippen LogP contribution in [0.1, 0.15) is 50.7 Å². The summed E-state index contributed by atoms with van der Waals surface area (Å²) in [7, 11) is -1.40. The van der Waals surface area contributed by atoms with Crippen molar-refractivity contribution in [2.24, 2.45) is 0 Å². The summed E-state index contributed by atoms with van der Waals surface area (Å²) in [5.41, 5.74) is 6.55. The van der Waals surface area contributed by atoms with Crippen molar-refractivity contribution in [3.63, 3.8) is 0 Å². The van der Waals surface area contributed by atoms with Crippen LogP contribution in [0.3, 0.4) is 0 Å². The molecule has 0 unspecified atom stereocenters. The number of rotatable bonds is 6. The van der Waals surface area contributed by atoms with E-state index in [9.17, 15) is 0 Å². The number of fused-ring (bicyclic) bond motifs is 2. The fraction of sp³-hybridized carbons (Fsp3) is 0.162. The molecule has 4 nitrogen and oxygen atoms in total. The van der Waals surface area contributed by atoms with Gasteiger partial charge in [-0.05, 0) is 62.1 Å². The van der Waals surface area contributed by atoms with Crippen LogP contribution < -0.4 is 10.8 Å². The largest absolute Gasteiger partial charge is 0.489 e. The Kier molecular flexibility index (Phi) is 9.02. The number of nitrogens with one attached hydrogen (secondary N) is 1. The van der Waals surface area contributed by atoms with Gasteiger partial charge in [-0.15, -0.1) is 0 Å². The topological polar surface area (TPSA) is 65.4 Å². The summed E-state index contributed by atoms with van der Waals surface area (Å²) in [6.45, 7) is 8.96. The summed E-state index contributed by atoms with van der Waals surface area (Å²) in [5.74, 6) is 1.76. The Bertz CT molecular complexity index is 1780. The Labute approximate surface area is 248 Å². The molecule has 3 N–H and O–H groups in total. The van der Waals surface area contributed by atoms with Gasteiger partial charge in [-0.1, -0.05) is 137 Å². The monoisotopic (exact) mass is 552 g/mol. The molecule has 0 aliphatic rings. The zero-order chi connectivity index (χ0) is 29.6. The van der Waals surface area contributed by atoms with E-state index in [2.05, 4.69) is 112 Å². The van der Waals surface area contributed by atoms with Crippen LogP contribution in [0, 0.1) is 0 Å². The Balaban J connectivity index is 0.000000226. The zero-order valence-corrected chi connectivity index (χ0v) is 24.6. The second-order valence-corrected chi connectivity index (χ2v) is 11.1. The molecule has 6 aromatic rings. The highest BCUT2D eigenvalue weighted by Gasteiger charge is 2.15. The van der Waals surface area contributed by atoms with Gasteiger partial charge < -0.3 is 15.4 Å². The van der Waals surface area contributed by atoms with E-state index in [-0.39, 0.29) is 0 Å². The number of aromatic nitrogens is 1. The third-order valence-corrected chi connectivity index (χ3v) is 7.54. The van der Waals surface area contributed by atoms with Crippen molar-refractivity contribution >= 4 is 45.6 Å². The average molecular weight is 553 g/mol. The molecule has 0 atom stereocenters. The molecule has 5 heteroatoms. The maximum absolute atomic E-state index is 9.08. The van der Waals surface area contributed by atoms with Crippen LogP contribution in [-0.2, 0) is 0 Å². The van der Waals surface area contributed by atoms with E-state index in [4.69, 9.17) is 15.0 Å². The first kappa shape index (κ1) is 29.1. The van der Waals surface area contributed by atoms with Gasteiger partial charge in [0.15, 0.2) is 0 Å². The van der Waals surface area contributed by atoms with Crippen LogP contribution in [0.15, 0.2) is 121 Å². The minimum absolute atomic E-state index is 0.442. The van der Waals surface area contributed by atoms with E-state index in [0.29, 0.717) is 17.3 Å². The van der Waals surface area contributed by atoms with Crippen molar-refractivity contribution in [1.82, 2.24) is 4.98 Å². The lowest BCUT2D eigenvalue weighted by Gasteiger charge is -2.21. The van der Waals surface area contributed by atoms with Crippen LogP contribution in [-0.4, -0.2) is 22.2 Å². The number of nitrogens with zero attached hydrogens (tertiary/aromatic N) is 1. The van der Waals surface area contributed by atoms with Crippen LogP contribution >= 0.6 is 0 Å². The van der Waals surface area contributed by atoms with Crippen molar-refractivity contribution in [2.75, 3.05) is 5.32 Å². The van der Waals surface area contributed by atoms with Crippen molar-refractivity contribution in [2.45, 2.75) is 39.5 Å². The first-order chi connectivity index (χ1) is 20.3. The molecule has 0 aliphatic carbocycles. The Morgan fingerprint density at radius 3 is 1.74 bits per heavy atom. The number of pyridine rings is 1. The van der Waals surface area contributed by atoms with E-state index >= 15 is 0 Å². The summed E-state index contributed by atoms with van der Waals surface area (Å²) >= 11 is 0. The second kappa shape index (κ2) is 13.0. The minimum atomic E-state index is -1.40. The highest BCUT2D eigenvalue weighted by molar-refractivity contribution is 6.61. The summed E-state index contributed by atoms with van der Waals surface area (Å²) in [6.07, 6.45) is 0. The van der Waals surface area contributed by atoms with Gasteiger partial charge in [0, 0.05) is 11.3 Å². The number of anilines is 2. The van der Waals surface area contributed by atoms with E-state index in [1.54, 1.807) is 6.07 Å². The second-order valence-electron chi connectivity index (χ2n) is 11.1. The molecule has 0 fully saturated rings. The molecule has 5 aromatic carbocycles. The minimum Gasteiger partial charge on any atom is -0.423 e. The van der Waals surface area contributed by atoms with Crippen LogP contribution in [0.4, 0.5) is 11.5 Å². The normalized spacial score (nSPS) is 11.0. The zero-order valence-electron chi connectivity index (χ0n) is 24.6. The molecular weight excluding hydrogens is 515 g/mol. The molecule has 0 amide bonds. The molecule has 1 heterocycles. The number of hydrogen-bond donors (Lipinski definition) is 3. The first-order valence-corrected chi connectivity index (χ1v) is 14.5. The third-order valence-electron chi connectivity index (χ3n) is 7.54. The molecular formula is C37H37BN2O2. The van der Waals surface area contributed by atoms with Gasteiger partial charge in [0.25, 0.3) is 0 Å². The highest BCUT2D eigenvalue weighted by atomic mass is 16.4. The van der Waals surface area contributed by atoms with Crippen molar-refractivity contribution in [1.29, 1.82) is 0 Å². The quantitative estimate of drug-likeness (QED) is 0.182. The van der Waals surface area contributed by atoms with Gasteiger partial charge in [-0.3, -0.25) is 0 Å². The van der Waals surface area contributed by atoms with Gasteiger partial charge >= 0.3 is 7.12 Å².